The van der Waals surface area contributed by atoms with Crippen molar-refractivity contribution in [3.8, 4) is 0 Å². The zero-order valence-corrected chi connectivity index (χ0v) is 14.2. The van der Waals surface area contributed by atoms with Gasteiger partial charge in [0.1, 0.15) is 0 Å². The third-order valence-corrected chi connectivity index (χ3v) is 5.29. The smallest absolute Gasteiger partial charge is 0.260 e. The molecule has 0 atom stereocenters. The van der Waals surface area contributed by atoms with E-state index < -0.39 is 15.7 Å². The summed E-state index contributed by atoms with van der Waals surface area (Å²) in [4.78, 5) is 0.221. The van der Waals surface area contributed by atoms with Gasteiger partial charge in [-0.1, -0.05) is 46.8 Å². The number of hydrogen-bond donors (Lipinski definition) is 0. The largest absolute Gasteiger partial charge is 0.297 e. The highest BCUT2D eigenvalue weighted by atomic mass is 32.2. The lowest BCUT2D eigenvalue weighted by molar-refractivity contribution is 0.0883. The van der Waals surface area contributed by atoms with Crippen LogP contribution in [0.1, 0.15) is 59.9 Å². The third kappa shape index (κ3) is 4.06. The second kappa shape index (κ2) is 5.86. The highest BCUT2D eigenvalue weighted by Crippen LogP contribution is 2.28. The van der Waals surface area contributed by atoms with Crippen molar-refractivity contribution in [1.82, 2.24) is 0 Å². The molecule has 4 heteroatoms. The molecule has 0 N–H and O–H groups in total. The van der Waals surface area contributed by atoms with E-state index in [4.69, 9.17) is 4.18 Å². The Balaban J connectivity index is 3.05. The van der Waals surface area contributed by atoms with E-state index in [1.54, 1.807) is 12.1 Å². The van der Waals surface area contributed by atoms with Gasteiger partial charge >= 0.3 is 0 Å². The molecule has 1 aromatic carbocycles. The van der Waals surface area contributed by atoms with Gasteiger partial charge in [0.05, 0.1) is 10.5 Å². The predicted molar refractivity (Wildman–Crippen MR) is 82.4 cm³/mol. The summed E-state index contributed by atoms with van der Waals surface area (Å²) in [6, 6.07) is 6.96. The summed E-state index contributed by atoms with van der Waals surface area (Å²) < 4.78 is 30.0. The average Bonchev–Trinajstić information content (AvgIpc) is 2.37. The van der Waals surface area contributed by atoms with Gasteiger partial charge in [0.15, 0.2) is 0 Å². The van der Waals surface area contributed by atoms with Crippen LogP contribution < -0.4 is 0 Å². The predicted octanol–water partition coefficient (Wildman–Crippen LogP) is 4.27. The normalized spacial score (nSPS) is 13.5. The topological polar surface area (TPSA) is 43.4 Å². The summed E-state index contributed by atoms with van der Waals surface area (Å²) in [5.41, 5.74) is 0.469. The SMILES string of the molecule is CCC(C)(CC)OS(=O)(=O)c1ccc(C(C)(C)C)cc1. The highest BCUT2D eigenvalue weighted by Gasteiger charge is 2.29. The average molecular weight is 298 g/mol. The molecule has 0 amide bonds. The van der Waals surface area contributed by atoms with Crippen LogP contribution in [-0.2, 0) is 19.7 Å². The molecule has 0 saturated heterocycles. The van der Waals surface area contributed by atoms with Crippen molar-refractivity contribution in [2.45, 2.75) is 70.3 Å². The molecule has 114 valence electrons. The molecule has 20 heavy (non-hydrogen) atoms. The van der Waals surface area contributed by atoms with Crippen LogP contribution in [0.2, 0.25) is 0 Å². The van der Waals surface area contributed by atoms with E-state index in [0.29, 0.717) is 12.8 Å². The lowest BCUT2D eigenvalue weighted by atomic mass is 9.87. The summed E-state index contributed by atoms with van der Waals surface area (Å²) in [6.45, 7) is 12.0. The quantitative estimate of drug-likeness (QED) is 0.762. The van der Waals surface area contributed by atoms with Crippen molar-refractivity contribution in [2.75, 3.05) is 0 Å². The molecule has 0 unspecified atom stereocenters. The third-order valence-electron chi connectivity index (χ3n) is 3.82. The summed E-state index contributed by atoms with van der Waals surface area (Å²) in [5.74, 6) is 0. The van der Waals surface area contributed by atoms with E-state index in [1.165, 1.54) is 0 Å². The molecule has 1 rings (SSSR count). The molecule has 3 nitrogen and oxygen atoms in total. The Morgan fingerprint density at radius 2 is 1.40 bits per heavy atom. The molecule has 0 bridgehead atoms. The van der Waals surface area contributed by atoms with Crippen LogP contribution in [0.15, 0.2) is 29.2 Å². The van der Waals surface area contributed by atoms with Gasteiger partial charge in [-0.3, -0.25) is 4.18 Å². The molecule has 0 radical (unpaired) electrons. The Morgan fingerprint density at radius 1 is 0.950 bits per heavy atom. The van der Waals surface area contributed by atoms with Crippen molar-refractivity contribution in [1.29, 1.82) is 0 Å². The van der Waals surface area contributed by atoms with Gasteiger partial charge in [0, 0.05) is 0 Å². The molecule has 0 aliphatic rings. The first-order chi connectivity index (χ1) is 9.04. The first kappa shape index (κ1) is 17.2. The van der Waals surface area contributed by atoms with E-state index in [0.717, 1.165) is 5.56 Å². The fraction of sp³-hybridized carbons (Fsp3) is 0.625. The molecule has 0 saturated carbocycles. The molecule has 0 heterocycles. The first-order valence-corrected chi connectivity index (χ1v) is 8.51. The standard InChI is InChI=1S/C16H26O3S/c1-7-16(6,8-2)19-20(17,18)14-11-9-13(10-12-14)15(3,4)5/h9-12H,7-8H2,1-6H3. The fourth-order valence-corrected chi connectivity index (χ4v) is 3.13. The van der Waals surface area contributed by atoms with Gasteiger partial charge in [-0.25, -0.2) is 0 Å². The molecule has 0 aliphatic carbocycles. The zero-order valence-electron chi connectivity index (χ0n) is 13.4. The van der Waals surface area contributed by atoms with Crippen molar-refractivity contribution >= 4 is 10.1 Å². The molecule has 0 fully saturated rings. The van der Waals surface area contributed by atoms with Crippen molar-refractivity contribution in [3.63, 3.8) is 0 Å². The van der Waals surface area contributed by atoms with E-state index in [2.05, 4.69) is 20.8 Å². The van der Waals surface area contributed by atoms with Crippen LogP contribution in [0.25, 0.3) is 0 Å². The summed E-state index contributed by atoms with van der Waals surface area (Å²) >= 11 is 0. The second-order valence-electron chi connectivity index (χ2n) is 6.47. The monoisotopic (exact) mass is 298 g/mol. The lowest BCUT2D eigenvalue weighted by Crippen LogP contribution is -2.30. The fourth-order valence-electron chi connectivity index (χ4n) is 1.80. The van der Waals surface area contributed by atoms with Crippen molar-refractivity contribution in [3.05, 3.63) is 29.8 Å². The van der Waals surface area contributed by atoms with Crippen molar-refractivity contribution < 1.29 is 12.6 Å². The van der Waals surface area contributed by atoms with E-state index >= 15 is 0 Å². The van der Waals surface area contributed by atoms with Crippen LogP contribution >= 0.6 is 0 Å². The summed E-state index contributed by atoms with van der Waals surface area (Å²) in [7, 11) is -3.70. The zero-order chi connectivity index (χ0) is 15.6. The summed E-state index contributed by atoms with van der Waals surface area (Å²) in [6.07, 6.45) is 1.31. The highest BCUT2D eigenvalue weighted by molar-refractivity contribution is 7.86. The number of benzene rings is 1. The molecular weight excluding hydrogens is 272 g/mol. The van der Waals surface area contributed by atoms with Crippen LogP contribution in [0.4, 0.5) is 0 Å². The number of rotatable bonds is 5. The Kier molecular flexibility index (Phi) is 5.03. The van der Waals surface area contributed by atoms with Gasteiger partial charge in [0.25, 0.3) is 10.1 Å². The van der Waals surface area contributed by atoms with Gasteiger partial charge in [-0.2, -0.15) is 8.42 Å². The maximum absolute atomic E-state index is 12.3. The minimum Gasteiger partial charge on any atom is -0.260 e. The lowest BCUT2D eigenvalue weighted by Gasteiger charge is -2.26. The van der Waals surface area contributed by atoms with Crippen LogP contribution in [0, 0.1) is 0 Å². The van der Waals surface area contributed by atoms with Crippen LogP contribution in [-0.4, -0.2) is 14.0 Å². The van der Waals surface area contributed by atoms with E-state index in [9.17, 15) is 8.42 Å². The first-order valence-electron chi connectivity index (χ1n) is 7.10. The van der Waals surface area contributed by atoms with Gasteiger partial charge in [0.2, 0.25) is 0 Å². The van der Waals surface area contributed by atoms with Gasteiger partial charge in [-0.05, 0) is 42.9 Å². The van der Waals surface area contributed by atoms with Crippen molar-refractivity contribution in [2.24, 2.45) is 0 Å². The summed E-state index contributed by atoms with van der Waals surface area (Å²) in [5, 5.41) is 0. The van der Waals surface area contributed by atoms with Gasteiger partial charge < -0.3 is 0 Å². The van der Waals surface area contributed by atoms with Gasteiger partial charge in [-0.15, -0.1) is 0 Å². The van der Waals surface area contributed by atoms with E-state index in [1.807, 2.05) is 32.9 Å². The molecule has 0 aromatic heterocycles. The number of hydrogen-bond acceptors (Lipinski definition) is 3. The van der Waals surface area contributed by atoms with E-state index in [-0.39, 0.29) is 10.3 Å². The molecular formula is C16H26O3S. The maximum atomic E-state index is 12.3. The Bertz CT molecular complexity index is 532. The molecule has 0 spiro atoms. The molecule has 1 aromatic rings. The van der Waals surface area contributed by atoms with Crippen LogP contribution in [0.5, 0.6) is 0 Å². The Labute approximate surface area is 123 Å². The maximum Gasteiger partial charge on any atom is 0.297 e. The Morgan fingerprint density at radius 3 is 1.75 bits per heavy atom. The van der Waals surface area contributed by atoms with Crippen LogP contribution in [0.3, 0.4) is 0 Å². The Hall–Kier alpha value is -0.870. The second-order valence-corrected chi connectivity index (χ2v) is 8.02. The molecule has 0 aliphatic heterocycles. The minimum atomic E-state index is -3.70. The minimum absolute atomic E-state index is 0.00446.